The standard InChI is InChI=1S/C23H29N3O4/c1-15-8-10-25(11-9-16-4-7-19(29-2)20(12-16)30-3)22(27)21(15)23(28)26-17-5-6-18(26)14-24-13-17/h4,7-8,10,12,17-18,24H,5-6,9,11,13-14H2,1-3H3/t17-,18+. The third kappa shape index (κ3) is 3.69. The predicted octanol–water partition coefficient (Wildman–Crippen LogP) is 1.99. The van der Waals surface area contributed by atoms with E-state index in [9.17, 15) is 9.59 Å². The Bertz CT molecular complexity index is 984. The van der Waals surface area contributed by atoms with Gasteiger partial charge in [0.05, 0.1) is 14.2 Å². The first-order valence-corrected chi connectivity index (χ1v) is 10.5. The number of rotatable bonds is 6. The lowest BCUT2D eigenvalue weighted by Crippen LogP contribution is -2.55. The van der Waals surface area contributed by atoms with Gasteiger partial charge in [0.1, 0.15) is 5.56 Å². The summed E-state index contributed by atoms with van der Waals surface area (Å²) in [5.74, 6) is 1.22. The zero-order valence-electron chi connectivity index (χ0n) is 17.8. The lowest BCUT2D eigenvalue weighted by molar-refractivity contribution is 0.0616. The Balaban J connectivity index is 1.56. The van der Waals surface area contributed by atoms with E-state index in [-0.39, 0.29) is 23.6 Å². The number of amides is 1. The van der Waals surface area contributed by atoms with Crippen LogP contribution in [-0.2, 0) is 13.0 Å². The molecule has 0 aliphatic carbocycles. The molecule has 0 spiro atoms. The molecule has 0 saturated carbocycles. The molecule has 2 aliphatic rings. The van der Waals surface area contributed by atoms with Crippen LogP contribution < -0.4 is 20.3 Å². The van der Waals surface area contributed by atoms with E-state index in [1.54, 1.807) is 25.0 Å². The summed E-state index contributed by atoms with van der Waals surface area (Å²) in [5, 5.41) is 3.38. The zero-order chi connectivity index (χ0) is 21.3. The summed E-state index contributed by atoms with van der Waals surface area (Å²) in [4.78, 5) is 28.5. The van der Waals surface area contributed by atoms with Crippen LogP contribution in [-0.4, -0.2) is 54.8 Å². The van der Waals surface area contributed by atoms with Crippen LogP contribution in [0.25, 0.3) is 0 Å². The van der Waals surface area contributed by atoms with Gasteiger partial charge in [0, 0.05) is 37.9 Å². The lowest BCUT2D eigenvalue weighted by atomic mass is 10.1. The molecule has 2 saturated heterocycles. The SMILES string of the molecule is COc1ccc(CCn2ccc(C)c(C(=O)N3[C@@H]4CC[C@H]3CNC4)c2=O)cc1OC. The maximum atomic E-state index is 13.3. The number of nitrogens with one attached hydrogen (secondary N) is 1. The molecule has 1 aromatic heterocycles. The number of aromatic nitrogens is 1. The molecule has 2 fully saturated rings. The summed E-state index contributed by atoms with van der Waals surface area (Å²) in [6.07, 6.45) is 4.43. The molecule has 1 aromatic carbocycles. The second-order valence-corrected chi connectivity index (χ2v) is 8.07. The van der Waals surface area contributed by atoms with Crippen LogP contribution in [0.2, 0.25) is 0 Å². The molecule has 7 heteroatoms. The monoisotopic (exact) mass is 411 g/mol. The minimum Gasteiger partial charge on any atom is -0.493 e. The van der Waals surface area contributed by atoms with Gasteiger partial charge in [-0.1, -0.05) is 6.07 Å². The van der Waals surface area contributed by atoms with Crippen LogP contribution in [0.5, 0.6) is 11.5 Å². The molecule has 30 heavy (non-hydrogen) atoms. The Kier molecular flexibility index (Phi) is 5.81. The number of aryl methyl sites for hydroxylation is 3. The molecule has 1 N–H and O–H groups in total. The fourth-order valence-corrected chi connectivity index (χ4v) is 4.63. The number of hydrogen-bond acceptors (Lipinski definition) is 5. The van der Waals surface area contributed by atoms with Gasteiger partial charge in [0.15, 0.2) is 11.5 Å². The number of nitrogens with zero attached hydrogens (tertiary/aromatic N) is 2. The number of methoxy groups -OCH3 is 2. The summed E-state index contributed by atoms with van der Waals surface area (Å²) in [7, 11) is 3.21. The average molecular weight is 412 g/mol. The minimum atomic E-state index is -0.210. The van der Waals surface area contributed by atoms with Gasteiger partial charge in [0.25, 0.3) is 11.5 Å². The zero-order valence-corrected chi connectivity index (χ0v) is 17.8. The Morgan fingerprint density at radius 1 is 1.10 bits per heavy atom. The Hall–Kier alpha value is -2.80. The molecule has 7 nitrogen and oxygen atoms in total. The maximum Gasteiger partial charge on any atom is 0.263 e. The van der Waals surface area contributed by atoms with Gasteiger partial charge in [-0.25, -0.2) is 0 Å². The summed E-state index contributed by atoms with van der Waals surface area (Å²) < 4.78 is 12.3. The van der Waals surface area contributed by atoms with Crippen LogP contribution >= 0.6 is 0 Å². The number of hydrogen-bond donors (Lipinski definition) is 1. The molecule has 2 bridgehead atoms. The van der Waals surface area contributed by atoms with Gasteiger partial charge in [-0.15, -0.1) is 0 Å². The predicted molar refractivity (Wildman–Crippen MR) is 115 cm³/mol. The molecule has 0 unspecified atom stereocenters. The fraction of sp³-hybridized carbons (Fsp3) is 0.478. The number of pyridine rings is 1. The van der Waals surface area contributed by atoms with Crippen molar-refractivity contribution in [3.63, 3.8) is 0 Å². The maximum absolute atomic E-state index is 13.3. The van der Waals surface area contributed by atoms with Crippen molar-refractivity contribution < 1.29 is 14.3 Å². The Morgan fingerprint density at radius 3 is 2.47 bits per heavy atom. The minimum absolute atomic E-state index is 0.119. The van der Waals surface area contributed by atoms with Crippen molar-refractivity contribution in [2.75, 3.05) is 27.3 Å². The summed E-state index contributed by atoms with van der Waals surface area (Å²) >= 11 is 0. The topological polar surface area (TPSA) is 72.8 Å². The lowest BCUT2D eigenvalue weighted by Gasteiger charge is -2.35. The highest BCUT2D eigenvalue weighted by Crippen LogP contribution is 2.29. The molecule has 1 amide bonds. The van der Waals surface area contributed by atoms with Gasteiger partial charge in [-0.05, 0) is 55.5 Å². The highest BCUT2D eigenvalue weighted by Gasteiger charge is 2.40. The van der Waals surface area contributed by atoms with Crippen molar-refractivity contribution in [1.29, 1.82) is 0 Å². The van der Waals surface area contributed by atoms with Gasteiger partial charge in [-0.3, -0.25) is 9.59 Å². The largest absolute Gasteiger partial charge is 0.493 e. The van der Waals surface area contributed by atoms with Crippen molar-refractivity contribution >= 4 is 5.91 Å². The second-order valence-electron chi connectivity index (χ2n) is 8.07. The third-order valence-electron chi connectivity index (χ3n) is 6.29. The normalized spacial score (nSPS) is 20.3. The highest BCUT2D eigenvalue weighted by atomic mass is 16.5. The smallest absolute Gasteiger partial charge is 0.263 e. The van der Waals surface area contributed by atoms with Crippen LogP contribution in [0, 0.1) is 6.92 Å². The number of carbonyl (C=O) groups is 1. The number of carbonyl (C=O) groups excluding carboxylic acids is 1. The molecule has 2 aromatic rings. The third-order valence-corrected chi connectivity index (χ3v) is 6.29. The summed E-state index contributed by atoms with van der Waals surface area (Å²) in [6.45, 7) is 3.95. The van der Waals surface area contributed by atoms with Gasteiger partial charge < -0.3 is 24.3 Å². The van der Waals surface area contributed by atoms with Crippen molar-refractivity contribution in [3.8, 4) is 11.5 Å². The fourth-order valence-electron chi connectivity index (χ4n) is 4.63. The first-order chi connectivity index (χ1) is 14.5. The summed E-state index contributed by atoms with van der Waals surface area (Å²) in [6, 6.07) is 7.99. The average Bonchev–Trinajstić information content (AvgIpc) is 3.01. The molecule has 2 aliphatic heterocycles. The highest BCUT2D eigenvalue weighted by molar-refractivity contribution is 5.96. The quantitative estimate of drug-likeness (QED) is 0.787. The van der Waals surface area contributed by atoms with E-state index < -0.39 is 0 Å². The van der Waals surface area contributed by atoms with E-state index >= 15 is 0 Å². The van der Waals surface area contributed by atoms with E-state index in [2.05, 4.69) is 5.32 Å². The van der Waals surface area contributed by atoms with E-state index in [1.165, 1.54) is 0 Å². The molecule has 2 atom stereocenters. The summed E-state index contributed by atoms with van der Waals surface area (Å²) in [5.41, 5.74) is 1.88. The molecular weight excluding hydrogens is 382 g/mol. The Morgan fingerprint density at radius 2 is 1.80 bits per heavy atom. The number of fused-ring (bicyclic) bond motifs is 2. The second kappa shape index (κ2) is 8.52. The van der Waals surface area contributed by atoms with E-state index in [0.29, 0.717) is 30.0 Å². The van der Waals surface area contributed by atoms with Crippen LogP contribution in [0.4, 0.5) is 0 Å². The van der Waals surface area contributed by atoms with Crippen molar-refractivity contribution in [2.45, 2.75) is 44.8 Å². The molecule has 4 rings (SSSR count). The number of benzene rings is 1. The first-order valence-electron chi connectivity index (χ1n) is 10.5. The first kappa shape index (κ1) is 20.5. The molecule has 3 heterocycles. The van der Waals surface area contributed by atoms with Crippen LogP contribution in [0.15, 0.2) is 35.3 Å². The molecule has 160 valence electrons. The molecular formula is C23H29N3O4. The Labute approximate surface area is 176 Å². The van der Waals surface area contributed by atoms with E-state index in [4.69, 9.17) is 9.47 Å². The van der Waals surface area contributed by atoms with Gasteiger partial charge >= 0.3 is 0 Å². The molecule has 0 radical (unpaired) electrons. The van der Waals surface area contributed by atoms with Crippen LogP contribution in [0.3, 0.4) is 0 Å². The number of ether oxygens (including phenoxy) is 2. The van der Waals surface area contributed by atoms with Gasteiger partial charge in [0.2, 0.25) is 0 Å². The van der Waals surface area contributed by atoms with E-state index in [0.717, 1.165) is 37.1 Å². The van der Waals surface area contributed by atoms with Crippen molar-refractivity contribution in [2.24, 2.45) is 0 Å². The van der Waals surface area contributed by atoms with E-state index in [1.807, 2.05) is 36.1 Å². The van der Waals surface area contributed by atoms with Crippen molar-refractivity contribution in [3.05, 3.63) is 57.5 Å². The van der Waals surface area contributed by atoms with Crippen molar-refractivity contribution in [1.82, 2.24) is 14.8 Å². The number of piperazine rings is 1. The van der Waals surface area contributed by atoms with Crippen LogP contribution in [0.1, 0.15) is 34.3 Å². The van der Waals surface area contributed by atoms with Gasteiger partial charge in [-0.2, -0.15) is 0 Å².